The molecule has 0 aromatic heterocycles. The monoisotopic (exact) mass is 144 g/mol. The molecule has 0 heterocycles. The van der Waals surface area contributed by atoms with E-state index in [2.05, 4.69) is 6.92 Å². The van der Waals surface area contributed by atoms with Crippen molar-refractivity contribution in [2.75, 3.05) is 13.2 Å². The quantitative estimate of drug-likeness (QED) is 0.579. The number of hydrogen-bond acceptors (Lipinski definition) is 3. The highest BCUT2D eigenvalue weighted by Crippen LogP contribution is 1.93. The van der Waals surface area contributed by atoms with Crippen LogP contribution in [0.25, 0.3) is 0 Å². The Kier molecular flexibility index (Phi) is 4.94. The maximum atomic E-state index is 10.6. The Balaban J connectivity index is 3.22. The number of esters is 1. The highest BCUT2D eigenvalue weighted by atomic mass is 16.5. The summed E-state index contributed by atoms with van der Waals surface area (Å²) in [6.07, 6.45) is 0.298. The van der Waals surface area contributed by atoms with E-state index in [1.54, 1.807) is 0 Å². The van der Waals surface area contributed by atoms with Gasteiger partial charge in [-0.2, -0.15) is 0 Å². The van der Waals surface area contributed by atoms with Gasteiger partial charge in [0.05, 0.1) is 13.0 Å². The molecule has 0 bridgehead atoms. The molecule has 59 valence electrons. The minimum atomic E-state index is -0.238. The molecule has 0 rings (SSSR count). The van der Waals surface area contributed by atoms with Gasteiger partial charge in [0.1, 0.15) is 0 Å². The van der Waals surface area contributed by atoms with E-state index in [1.165, 1.54) is 0 Å². The summed E-state index contributed by atoms with van der Waals surface area (Å²) >= 11 is 0. The second-order valence-electron chi connectivity index (χ2n) is 2.33. The largest absolute Gasteiger partial charge is 0.465 e. The SMILES string of the molecule is [CH2]C(C)COC(=O)CCN. The summed E-state index contributed by atoms with van der Waals surface area (Å²) in [5.41, 5.74) is 5.12. The van der Waals surface area contributed by atoms with E-state index in [-0.39, 0.29) is 11.9 Å². The van der Waals surface area contributed by atoms with Crippen LogP contribution in [0, 0.1) is 12.8 Å². The van der Waals surface area contributed by atoms with Crippen LogP contribution in [0.5, 0.6) is 0 Å². The minimum Gasteiger partial charge on any atom is -0.465 e. The predicted molar refractivity (Wildman–Crippen MR) is 39.2 cm³/mol. The topological polar surface area (TPSA) is 52.3 Å². The van der Waals surface area contributed by atoms with Crippen molar-refractivity contribution in [3.8, 4) is 0 Å². The molecule has 1 radical (unpaired) electrons. The van der Waals surface area contributed by atoms with Crippen molar-refractivity contribution in [1.82, 2.24) is 0 Å². The van der Waals surface area contributed by atoms with Crippen LogP contribution >= 0.6 is 0 Å². The molecule has 1 unspecified atom stereocenters. The first-order valence-corrected chi connectivity index (χ1v) is 3.35. The predicted octanol–water partition coefficient (Wildman–Crippen LogP) is 0.349. The van der Waals surface area contributed by atoms with Gasteiger partial charge in [-0.05, 0) is 12.8 Å². The Morgan fingerprint density at radius 2 is 2.40 bits per heavy atom. The Morgan fingerprint density at radius 3 is 2.80 bits per heavy atom. The first kappa shape index (κ1) is 9.43. The molecule has 0 aliphatic carbocycles. The van der Waals surface area contributed by atoms with E-state index in [1.807, 2.05) is 6.92 Å². The molecule has 0 fully saturated rings. The third kappa shape index (κ3) is 5.56. The van der Waals surface area contributed by atoms with Crippen LogP contribution in [-0.4, -0.2) is 19.1 Å². The molecule has 0 aliphatic heterocycles. The third-order valence-corrected chi connectivity index (χ3v) is 0.877. The maximum Gasteiger partial charge on any atom is 0.307 e. The summed E-state index contributed by atoms with van der Waals surface area (Å²) in [5.74, 6) is -0.0836. The fourth-order valence-corrected chi connectivity index (χ4v) is 0.425. The number of hydrogen-bond donors (Lipinski definition) is 1. The van der Waals surface area contributed by atoms with Crippen molar-refractivity contribution in [2.24, 2.45) is 11.7 Å². The van der Waals surface area contributed by atoms with Gasteiger partial charge >= 0.3 is 5.97 Å². The van der Waals surface area contributed by atoms with Gasteiger partial charge in [-0.1, -0.05) is 6.92 Å². The molecule has 3 heteroatoms. The van der Waals surface area contributed by atoms with Crippen LogP contribution in [0.2, 0.25) is 0 Å². The second kappa shape index (κ2) is 5.23. The lowest BCUT2D eigenvalue weighted by Crippen LogP contribution is -2.13. The van der Waals surface area contributed by atoms with Gasteiger partial charge in [0.25, 0.3) is 0 Å². The summed E-state index contributed by atoms with van der Waals surface area (Å²) in [6, 6.07) is 0. The molecule has 0 spiro atoms. The van der Waals surface area contributed by atoms with Crippen molar-refractivity contribution in [3.05, 3.63) is 6.92 Å². The fourth-order valence-electron chi connectivity index (χ4n) is 0.425. The van der Waals surface area contributed by atoms with Crippen molar-refractivity contribution in [3.63, 3.8) is 0 Å². The lowest BCUT2D eigenvalue weighted by atomic mass is 10.2. The number of carbonyl (C=O) groups is 1. The first-order valence-electron chi connectivity index (χ1n) is 3.35. The van der Waals surface area contributed by atoms with E-state index >= 15 is 0 Å². The summed E-state index contributed by atoms with van der Waals surface area (Å²) in [7, 11) is 0. The van der Waals surface area contributed by atoms with Crippen LogP contribution in [0.15, 0.2) is 0 Å². The first-order chi connectivity index (χ1) is 4.66. The smallest absolute Gasteiger partial charge is 0.307 e. The number of carbonyl (C=O) groups excluding carboxylic acids is 1. The standard InChI is InChI=1S/C7H14NO2/c1-6(2)5-10-7(9)3-4-8/h6H,1,3-5,8H2,2H3. The molecule has 0 saturated carbocycles. The summed E-state index contributed by atoms with van der Waals surface area (Å²) in [6.45, 7) is 6.29. The minimum absolute atomic E-state index is 0.154. The zero-order valence-electron chi connectivity index (χ0n) is 6.30. The molecule has 0 aliphatic rings. The van der Waals surface area contributed by atoms with Crippen molar-refractivity contribution >= 4 is 5.97 Å². The average molecular weight is 144 g/mol. The van der Waals surface area contributed by atoms with Gasteiger partial charge in [0, 0.05) is 6.54 Å². The lowest BCUT2D eigenvalue weighted by molar-refractivity contribution is -0.144. The zero-order chi connectivity index (χ0) is 7.98. The van der Waals surface area contributed by atoms with Crippen LogP contribution in [0.4, 0.5) is 0 Å². The summed E-state index contributed by atoms with van der Waals surface area (Å²) in [4.78, 5) is 10.6. The van der Waals surface area contributed by atoms with Gasteiger partial charge in [-0.3, -0.25) is 4.79 Å². The lowest BCUT2D eigenvalue weighted by Gasteiger charge is -2.05. The molecule has 0 aromatic carbocycles. The fraction of sp³-hybridized carbons (Fsp3) is 0.714. The highest BCUT2D eigenvalue weighted by molar-refractivity contribution is 5.69. The average Bonchev–Trinajstić information content (AvgIpc) is 1.85. The summed E-state index contributed by atoms with van der Waals surface area (Å²) in [5, 5.41) is 0. The van der Waals surface area contributed by atoms with Crippen LogP contribution < -0.4 is 5.73 Å². The van der Waals surface area contributed by atoms with Crippen molar-refractivity contribution < 1.29 is 9.53 Å². The van der Waals surface area contributed by atoms with Crippen LogP contribution in [-0.2, 0) is 9.53 Å². The zero-order valence-corrected chi connectivity index (χ0v) is 6.30. The Hall–Kier alpha value is -0.570. The maximum absolute atomic E-state index is 10.6. The molecular formula is C7H14NO2. The van der Waals surface area contributed by atoms with E-state index in [0.29, 0.717) is 19.6 Å². The van der Waals surface area contributed by atoms with Gasteiger partial charge in [-0.15, -0.1) is 0 Å². The molecule has 3 nitrogen and oxygen atoms in total. The number of rotatable bonds is 4. The van der Waals surface area contributed by atoms with Gasteiger partial charge in [-0.25, -0.2) is 0 Å². The Labute approximate surface area is 61.5 Å². The Morgan fingerprint density at radius 1 is 1.80 bits per heavy atom. The van der Waals surface area contributed by atoms with Gasteiger partial charge in [0.15, 0.2) is 0 Å². The molecule has 0 saturated heterocycles. The second-order valence-corrected chi connectivity index (χ2v) is 2.33. The van der Waals surface area contributed by atoms with Crippen molar-refractivity contribution in [1.29, 1.82) is 0 Å². The van der Waals surface area contributed by atoms with Crippen LogP contribution in [0.3, 0.4) is 0 Å². The highest BCUT2D eigenvalue weighted by Gasteiger charge is 2.01. The molecule has 10 heavy (non-hydrogen) atoms. The normalized spacial score (nSPS) is 10.0. The van der Waals surface area contributed by atoms with E-state index in [9.17, 15) is 4.79 Å². The van der Waals surface area contributed by atoms with Crippen LogP contribution in [0.1, 0.15) is 13.3 Å². The molecule has 0 amide bonds. The molecule has 0 aromatic rings. The molecule has 1 atom stereocenters. The van der Waals surface area contributed by atoms with Gasteiger partial charge in [0.2, 0.25) is 0 Å². The number of ether oxygens (including phenoxy) is 1. The van der Waals surface area contributed by atoms with Crippen molar-refractivity contribution in [2.45, 2.75) is 13.3 Å². The molecular weight excluding hydrogens is 130 g/mol. The van der Waals surface area contributed by atoms with E-state index < -0.39 is 0 Å². The third-order valence-electron chi connectivity index (χ3n) is 0.877. The summed E-state index contributed by atoms with van der Waals surface area (Å²) < 4.78 is 4.76. The van der Waals surface area contributed by atoms with E-state index in [0.717, 1.165) is 0 Å². The molecule has 2 N–H and O–H groups in total. The Bertz CT molecular complexity index is 102. The van der Waals surface area contributed by atoms with Gasteiger partial charge < -0.3 is 10.5 Å². The van der Waals surface area contributed by atoms with E-state index in [4.69, 9.17) is 10.5 Å². The number of nitrogens with two attached hydrogens (primary N) is 1.